The summed E-state index contributed by atoms with van der Waals surface area (Å²) in [5, 5.41) is 39.8. The molecule has 2 heterocycles. The van der Waals surface area contributed by atoms with Crippen LogP contribution in [0.1, 0.15) is 28.9 Å². The molecule has 0 spiro atoms. The first-order valence-corrected chi connectivity index (χ1v) is 11.7. The lowest BCUT2D eigenvalue weighted by Crippen LogP contribution is -2.60. The van der Waals surface area contributed by atoms with E-state index in [0.717, 1.165) is 23.2 Å². The second kappa shape index (κ2) is 10.3. The highest BCUT2D eigenvalue weighted by Crippen LogP contribution is 2.38. The average molecular weight is 473 g/mol. The molecule has 2 aromatic carbocycles. The predicted molar refractivity (Wildman–Crippen MR) is 127 cm³/mol. The molecule has 1 fully saturated rings. The van der Waals surface area contributed by atoms with Crippen LogP contribution in [0.25, 0.3) is 5.70 Å². The highest BCUT2D eigenvalue weighted by atomic mass is 32.2. The summed E-state index contributed by atoms with van der Waals surface area (Å²) in [7, 11) is 0. The standard InChI is InChI=1S/C24H28N2O6S/c1-2-13-3-5-14(6-4-13)17-11-19(33-24(25)26-17)15-7-9-16(10-8-15)31-23-22(30)21(29)20(28)18(12-27)32-23/h3-11,18-23,27-30H,2,12H2,1H3,(H2,25,26)/t18-,19?,20-,21-,22-,23-/m1/s1. The lowest BCUT2D eigenvalue weighted by Gasteiger charge is -2.39. The van der Waals surface area contributed by atoms with Gasteiger partial charge in [0.05, 0.1) is 17.6 Å². The van der Waals surface area contributed by atoms with Crippen molar-refractivity contribution in [2.75, 3.05) is 6.61 Å². The number of amidine groups is 1. The molecule has 0 bridgehead atoms. The van der Waals surface area contributed by atoms with Crippen LogP contribution in [0.3, 0.4) is 0 Å². The van der Waals surface area contributed by atoms with E-state index in [9.17, 15) is 20.4 Å². The maximum Gasteiger partial charge on any atom is 0.229 e. The molecule has 6 N–H and O–H groups in total. The van der Waals surface area contributed by atoms with Crippen molar-refractivity contribution in [3.63, 3.8) is 0 Å². The maximum absolute atomic E-state index is 10.2. The van der Waals surface area contributed by atoms with Gasteiger partial charge >= 0.3 is 0 Å². The lowest BCUT2D eigenvalue weighted by atomic mass is 9.99. The van der Waals surface area contributed by atoms with Gasteiger partial charge in [-0.1, -0.05) is 55.1 Å². The van der Waals surface area contributed by atoms with Crippen molar-refractivity contribution < 1.29 is 29.9 Å². The minimum Gasteiger partial charge on any atom is -0.462 e. The van der Waals surface area contributed by atoms with E-state index in [1.165, 1.54) is 17.3 Å². The molecule has 2 aliphatic rings. The Bertz CT molecular complexity index is 1010. The fourth-order valence-corrected chi connectivity index (χ4v) is 4.66. The number of ether oxygens (including phenoxy) is 2. The van der Waals surface area contributed by atoms with Crippen molar-refractivity contribution in [3.05, 3.63) is 71.3 Å². The summed E-state index contributed by atoms with van der Waals surface area (Å²) in [4.78, 5) is 4.50. The Morgan fingerprint density at radius 1 is 1.00 bits per heavy atom. The monoisotopic (exact) mass is 472 g/mol. The summed E-state index contributed by atoms with van der Waals surface area (Å²) in [6, 6.07) is 15.5. The second-order valence-electron chi connectivity index (χ2n) is 7.98. The highest BCUT2D eigenvalue weighted by Gasteiger charge is 2.44. The van der Waals surface area contributed by atoms with Gasteiger partial charge in [0.25, 0.3) is 0 Å². The van der Waals surface area contributed by atoms with Gasteiger partial charge in [-0.3, -0.25) is 0 Å². The van der Waals surface area contributed by atoms with Crippen molar-refractivity contribution in [2.24, 2.45) is 10.7 Å². The van der Waals surface area contributed by atoms with E-state index in [4.69, 9.17) is 15.2 Å². The molecule has 33 heavy (non-hydrogen) atoms. The summed E-state index contributed by atoms with van der Waals surface area (Å²) in [5.41, 5.74) is 10.2. The molecule has 2 aliphatic heterocycles. The molecule has 0 aromatic heterocycles. The van der Waals surface area contributed by atoms with Crippen molar-refractivity contribution in [1.29, 1.82) is 0 Å². The third-order valence-electron chi connectivity index (χ3n) is 5.75. The van der Waals surface area contributed by atoms with E-state index < -0.39 is 37.3 Å². The zero-order chi connectivity index (χ0) is 23.5. The Kier molecular flexibility index (Phi) is 7.38. The first-order valence-electron chi connectivity index (χ1n) is 10.8. The third-order valence-corrected chi connectivity index (χ3v) is 6.75. The molecule has 0 aliphatic carbocycles. The van der Waals surface area contributed by atoms with Gasteiger partial charge in [-0.15, -0.1) is 0 Å². The molecule has 176 valence electrons. The molecule has 9 heteroatoms. The van der Waals surface area contributed by atoms with E-state index in [2.05, 4.69) is 30.1 Å². The predicted octanol–water partition coefficient (Wildman–Crippen LogP) is 1.57. The summed E-state index contributed by atoms with van der Waals surface area (Å²) in [6.07, 6.45) is -3.59. The molecule has 8 nitrogen and oxygen atoms in total. The molecule has 0 radical (unpaired) electrons. The van der Waals surface area contributed by atoms with Crippen LogP contribution in [0.4, 0.5) is 0 Å². The number of nitrogens with zero attached hydrogens (tertiary/aromatic N) is 1. The van der Waals surface area contributed by atoms with Crippen LogP contribution in [0.5, 0.6) is 5.75 Å². The topological polar surface area (TPSA) is 138 Å². The number of rotatable bonds is 6. The average Bonchev–Trinajstić information content (AvgIpc) is 2.84. The number of aryl methyl sites for hydroxylation is 1. The fourth-order valence-electron chi connectivity index (χ4n) is 3.76. The van der Waals surface area contributed by atoms with E-state index >= 15 is 0 Å². The number of aliphatic imine (C=N–C) groups is 1. The molecule has 6 atom stereocenters. The number of aliphatic hydroxyl groups excluding tert-OH is 4. The van der Waals surface area contributed by atoms with Crippen molar-refractivity contribution in [2.45, 2.75) is 49.3 Å². The van der Waals surface area contributed by atoms with Crippen molar-refractivity contribution in [1.82, 2.24) is 0 Å². The lowest BCUT2D eigenvalue weighted by molar-refractivity contribution is -0.277. The molecular weight excluding hydrogens is 444 g/mol. The van der Waals surface area contributed by atoms with Gasteiger partial charge in [0, 0.05) is 0 Å². The Morgan fingerprint density at radius 2 is 1.70 bits per heavy atom. The summed E-state index contributed by atoms with van der Waals surface area (Å²) < 4.78 is 11.1. The fraction of sp³-hybridized carbons (Fsp3) is 0.375. The minimum atomic E-state index is -1.49. The molecule has 2 aromatic rings. The Labute approximate surface area is 196 Å². The van der Waals surface area contributed by atoms with Gasteiger partial charge in [-0.25, -0.2) is 4.99 Å². The van der Waals surface area contributed by atoms with E-state index in [0.29, 0.717) is 10.9 Å². The zero-order valence-corrected chi connectivity index (χ0v) is 18.9. The van der Waals surface area contributed by atoms with Gasteiger partial charge in [-0.05, 0) is 41.3 Å². The number of benzene rings is 2. The van der Waals surface area contributed by atoms with Gasteiger partial charge in [0.2, 0.25) is 6.29 Å². The van der Waals surface area contributed by atoms with E-state index in [1.807, 2.05) is 24.3 Å². The third kappa shape index (κ3) is 5.24. The number of hydrogen-bond acceptors (Lipinski definition) is 9. The normalized spacial score (nSPS) is 29.8. The van der Waals surface area contributed by atoms with Gasteiger partial charge in [0.1, 0.15) is 30.2 Å². The molecule has 1 unspecified atom stereocenters. The van der Waals surface area contributed by atoms with Crippen LogP contribution >= 0.6 is 11.8 Å². The Hall–Kier alpha value is -2.40. The van der Waals surface area contributed by atoms with E-state index in [-0.39, 0.29) is 5.25 Å². The van der Waals surface area contributed by atoms with Gasteiger partial charge < -0.3 is 35.6 Å². The van der Waals surface area contributed by atoms with E-state index in [1.54, 1.807) is 12.1 Å². The molecule has 4 rings (SSSR count). The van der Waals surface area contributed by atoms with Crippen LogP contribution in [0.15, 0.2) is 59.6 Å². The van der Waals surface area contributed by atoms with Crippen LogP contribution < -0.4 is 10.5 Å². The molecule has 1 saturated heterocycles. The molecule has 0 saturated carbocycles. The number of hydrogen-bond donors (Lipinski definition) is 5. The quantitative estimate of drug-likeness (QED) is 0.427. The van der Waals surface area contributed by atoms with Crippen LogP contribution in [-0.2, 0) is 11.2 Å². The SMILES string of the molecule is CCc1ccc(C2=CC(c3ccc(O[C@@H]4O[C@H](CO)[C@@H](O)[C@@H](O)[C@H]4O)cc3)SC(N)=N2)cc1. The second-order valence-corrected chi connectivity index (χ2v) is 9.14. The smallest absolute Gasteiger partial charge is 0.229 e. The molecule has 0 amide bonds. The minimum absolute atomic E-state index is 0.0374. The van der Waals surface area contributed by atoms with Gasteiger partial charge in [-0.2, -0.15) is 0 Å². The largest absolute Gasteiger partial charge is 0.462 e. The van der Waals surface area contributed by atoms with Gasteiger partial charge in [0.15, 0.2) is 5.17 Å². The van der Waals surface area contributed by atoms with Crippen LogP contribution in [0.2, 0.25) is 0 Å². The molecular formula is C24H28N2O6S. The summed E-state index contributed by atoms with van der Waals surface area (Å²) in [5.74, 6) is 0.407. The maximum atomic E-state index is 10.2. The number of aliphatic hydroxyl groups is 4. The first-order chi connectivity index (χ1) is 15.9. The van der Waals surface area contributed by atoms with Crippen molar-refractivity contribution in [3.8, 4) is 5.75 Å². The zero-order valence-electron chi connectivity index (χ0n) is 18.1. The first kappa shape index (κ1) is 23.7. The highest BCUT2D eigenvalue weighted by molar-refractivity contribution is 8.14. The summed E-state index contributed by atoms with van der Waals surface area (Å²) >= 11 is 1.45. The van der Waals surface area contributed by atoms with Crippen LogP contribution in [0, 0.1) is 0 Å². The number of thioether (sulfide) groups is 1. The summed E-state index contributed by atoms with van der Waals surface area (Å²) in [6.45, 7) is 1.60. The Morgan fingerprint density at radius 3 is 2.33 bits per heavy atom. The number of nitrogens with two attached hydrogens (primary N) is 1. The van der Waals surface area contributed by atoms with Crippen molar-refractivity contribution >= 4 is 22.6 Å². The van der Waals surface area contributed by atoms with Crippen LogP contribution in [-0.4, -0.2) is 62.9 Å². The Balaban J connectivity index is 1.48.